The van der Waals surface area contributed by atoms with E-state index in [2.05, 4.69) is 5.32 Å². The summed E-state index contributed by atoms with van der Waals surface area (Å²) in [7, 11) is 1.65. The topological polar surface area (TPSA) is 21.3 Å². The van der Waals surface area contributed by atoms with E-state index in [4.69, 9.17) is 27.9 Å². The van der Waals surface area contributed by atoms with Gasteiger partial charge in [-0.05, 0) is 36.8 Å². The first-order valence-corrected chi connectivity index (χ1v) is 6.69. The Bertz CT molecular complexity index is 564. The minimum absolute atomic E-state index is 0.605. The van der Waals surface area contributed by atoms with Gasteiger partial charge in [0.05, 0.1) is 17.8 Å². The fraction of sp³-hybridized carbons (Fsp3) is 0.200. The van der Waals surface area contributed by atoms with Gasteiger partial charge in [0.25, 0.3) is 0 Å². The molecule has 2 aromatic rings. The monoisotopic (exact) mass is 295 g/mol. The van der Waals surface area contributed by atoms with Gasteiger partial charge in [0, 0.05) is 17.1 Å². The van der Waals surface area contributed by atoms with Crippen molar-refractivity contribution in [1.29, 1.82) is 0 Å². The number of aryl methyl sites for hydroxylation is 1. The molecule has 0 aliphatic heterocycles. The molecular weight excluding hydrogens is 281 g/mol. The van der Waals surface area contributed by atoms with Gasteiger partial charge in [0.2, 0.25) is 0 Å². The predicted octanol–water partition coefficient (Wildman–Crippen LogP) is 4.92. The van der Waals surface area contributed by atoms with Gasteiger partial charge < -0.3 is 10.1 Å². The Morgan fingerprint density at radius 3 is 2.63 bits per heavy atom. The zero-order chi connectivity index (χ0) is 13.8. The summed E-state index contributed by atoms with van der Waals surface area (Å²) in [4.78, 5) is 0. The summed E-state index contributed by atoms with van der Waals surface area (Å²) in [5.41, 5.74) is 3.04. The van der Waals surface area contributed by atoms with Crippen molar-refractivity contribution in [2.75, 3.05) is 12.4 Å². The molecule has 0 aromatic heterocycles. The van der Waals surface area contributed by atoms with Crippen LogP contribution in [-0.4, -0.2) is 7.11 Å². The molecule has 2 rings (SSSR count). The van der Waals surface area contributed by atoms with E-state index in [1.807, 2.05) is 43.3 Å². The molecular formula is C15H15Cl2NO. The number of methoxy groups -OCH3 is 1. The maximum atomic E-state index is 6.18. The number of nitrogens with one attached hydrogen (secondary N) is 1. The van der Waals surface area contributed by atoms with Crippen LogP contribution in [0.5, 0.6) is 5.75 Å². The van der Waals surface area contributed by atoms with Crippen LogP contribution in [-0.2, 0) is 6.54 Å². The van der Waals surface area contributed by atoms with Crippen LogP contribution in [0.15, 0.2) is 36.4 Å². The van der Waals surface area contributed by atoms with Gasteiger partial charge in [-0.2, -0.15) is 0 Å². The second kappa shape index (κ2) is 6.18. The Kier molecular flexibility index (Phi) is 4.56. The summed E-state index contributed by atoms with van der Waals surface area (Å²) in [6.45, 7) is 2.62. The number of anilines is 1. The van der Waals surface area contributed by atoms with Crippen LogP contribution in [0.3, 0.4) is 0 Å². The van der Waals surface area contributed by atoms with Crippen LogP contribution < -0.4 is 10.1 Å². The number of hydrogen-bond donors (Lipinski definition) is 1. The van der Waals surface area contributed by atoms with E-state index in [9.17, 15) is 0 Å². The molecule has 4 heteroatoms. The van der Waals surface area contributed by atoms with E-state index in [1.165, 1.54) is 0 Å². The number of ether oxygens (including phenoxy) is 1. The van der Waals surface area contributed by atoms with Crippen LogP contribution in [0.4, 0.5) is 5.69 Å². The lowest BCUT2D eigenvalue weighted by atomic mass is 10.1. The standard InChI is InChI=1S/C15H15Cl2NO/c1-10-4-3-5-13(17)15(10)18-9-11-8-12(16)6-7-14(11)19-2/h3-8,18H,9H2,1-2H3. The smallest absolute Gasteiger partial charge is 0.123 e. The summed E-state index contributed by atoms with van der Waals surface area (Å²) < 4.78 is 5.32. The van der Waals surface area contributed by atoms with Gasteiger partial charge in [-0.3, -0.25) is 0 Å². The molecule has 0 aliphatic carbocycles. The van der Waals surface area contributed by atoms with E-state index in [-0.39, 0.29) is 0 Å². The SMILES string of the molecule is COc1ccc(Cl)cc1CNc1c(C)cccc1Cl. The lowest BCUT2D eigenvalue weighted by molar-refractivity contribution is 0.410. The third kappa shape index (κ3) is 3.34. The van der Waals surface area contributed by atoms with E-state index < -0.39 is 0 Å². The maximum absolute atomic E-state index is 6.18. The van der Waals surface area contributed by atoms with Gasteiger partial charge >= 0.3 is 0 Å². The molecule has 0 saturated heterocycles. The van der Waals surface area contributed by atoms with Crippen LogP contribution >= 0.6 is 23.2 Å². The highest BCUT2D eigenvalue weighted by atomic mass is 35.5. The first-order valence-electron chi connectivity index (χ1n) is 5.93. The van der Waals surface area contributed by atoms with Crippen molar-refractivity contribution in [1.82, 2.24) is 0 Å². The van der Waals surface area contributed by atoms with Gasteiger partial charge in [-0.1, -0.05) is 35.3 Å². The second-order valence-corrected chi connectivity index (χ2v) is 5.09. The Morgan fingerprint density at radius 2 is 1.95 bits per heavy atom. The Labute approximate surface area is 123 Å². The molecule has 0 spiro atoms. The largest absolute Gasteiger partial charge is 0.496 e. The van der Waals surface area contributed by atoms with Crippen molar-refractivity contribution >= 4 is 28.9 Å². The summed E-state index contributed by atoms with van der Waals surface area (Å²) in [6.07, 6.45) is 0. The van der Waals surface area contributed by atoms with E-state index in [0.717, 1.165) is 22.6 Å². The van der Waals surface area contributed by atoms with Gasteiger partial charge in [0.1, 0.15) is 5.75 Å². The molecule has 0 saturated carbocycles. The van der Waals surface area contributed by atoms with Gasteiger partial charge in [-0.15, -0.1) is 0 Å². The van der Waals surface area contributed by atoms with Gasteiger partial charge in [-0.25, -0.2) is 0 Å². The first kappa shape index (κ1) is 14.0. The third-order valence-corrected chi connectivity index (χ3v) is 3.47. The molecule has 100 valence electrons. The molecule has 19 heavy (non-hydrogen) atoms. The quantitative estimate of drug-likeness (QED) is 0.864. The molecule has 2 nitrogen and oxygen atoms in total. The number of para-hydroxylation sites is 1. The zero-order valence-corrected chi connectivity index (χ0v) is 12.3. The third-order valence-electron chi connectivity index (χ3n) is 2.92. The second-order valence-electron chi connectivity index (χ2n) is 4.24. The number of halogens is 2. The summed E-state index contributed by atoms with van der Waals surface area (Å²) in [5.74, 6) is 0.807. The highest BCUT2D eigenvalue weighted by Gasteiger charge is 2.07. The van der Waals surface area contributed by atoms with Crippen molar-refractivity contribution in [2.45, 2.75) is 13.5 Å². The van der Waals surface area contributed by atoms with Crippen LogP contribution in [0.2, 0.25) is 10.0 Å². The van der Waals surface area contributed by atoms with Crippen molar-refractivity contribution in [2.24, 2.45) is 0 Å². The maximum Gasteiger partial charge on any atom is 0.123 e. The molecule has 0 unspecified atom stereocenters. The molecule has 0 bridgehead atoms. The lowest BCUT2D eigenvalue weighted by Gasteiger charge is -2.14. The average Bonchev–Trinajstić information content (AvgIpc) is 2.38. The highest BCUT2D eigenvalue weighted by Crippen LogP contribution is 2.28. The highest BCUT2D eigenvalue weighted by molar-refractivity contribution is 6.33. The zero-order valence-electron chi connectivity index (χ0n) is 10.8. The van der Waals surface area contributed by atoms with Crippen LogP contribution in [0.1, 0.15) is 11.1 Å². The van der Waals surface area contributed by atoms with Crippen molar-refractivity contribution in [3.63, 3.8) is 0 Å². The molecule has 0 radical (unpaired) electrons. The molecule has 0 fully saturated rings. The van der Waals surface area contributed by atoms with Crippen molar-refractivity contribution in [3.8, 4) is 5.75 Å². The van der Waals surface area contributed by atoms with Crippen LogP contribution in [0, 0.1) is 6.92 Å². The van der Waals surface area contributed by atoms with Crippen molar-refractivity contribution in [3.05, 3.63) is 57.6 Å². The number of rotatable bonds is 4. The molecule has 0 heterocycles. The van der Waals surface area contributed by atoms with Crippen LogP contribution in [0.25, 0.3) is 0 Å². The minimum atomic E-state index is 0.605. The van der Waals surface area contributed by atoms with E-state index in [0.29, 0.717) is 16.6 Å². The fourth-order valence-corrected chi connectivity index (χ4v) is 2.41. The van der Waals surface area contributed by atoms with E-state index in [1.54, 1.807) is 7.11 Å². The minimum Gasteiger partial charge on any atom is -0.496 e. The number of benzene rings is 2. The Balaban J connectivity index is 2.21. The Hall–Kier alpha value is -1.38. The molecule has 2 aromatic carbocycles. The predicted molar refractivity (Wildman–Crippen MR) is 81.5 cm³/mol. The molecule has 0 atom stereocenters. The normalized spacial score (nSPS) is 10.3. The van der Waals surface area contributed by atoms with Gasteiger partial charge in [0.15, 0.2) is 0 Å². The first-order chi connectivity index (χ1) is 9.11. The summed E-state index contributed by atoms with van der Waals surface area (Å²) >= 11 is 12.2. The molecule has 1 N–H and O–H groups in total. The average molecular weight is 296 g/mol. The lowest BCUT2D eigenvalue weighted by Crippen LogP contribution is -2.03. The summed E-state index contributed by atoms with van der Waals surface area (Å²) in [5, 5.41) is 4.73. The molecule has 0 amide bonds. The Morgan fingerprint density at radius 1 is 1.16 bits per heavy atom. The molecule has 0 aliphatic rings. The summed E-state index contributed by atoms with van der Waals surface area (Å²) in [6, 6.07) is 11.4. The van der Waals surface area contributed by atoms with E-state index >= 15 is 0 Å². The fourth-order valence-electron chi connectivity index (χ4n) is 1.92. The number of hydrogen-bond acceptors (Lipinski definition) is 2. The van der Waals surface area contributed by atoms with Crippen molar-refractivity contribution < 1.29 is 4.74 Å².